The van der Waals surface area contributed by atoms with Gasteiger partial charge < -0.3 is 15.8 Å². The summed E-state index contributed by atoms with van der Waals surface area (Å²) in [7, 11) is -3.19. The summed E-state index contributed by atoms with van der Waals surface area (Å²) in [5.41, 5.74) is 4.88. The lowest BCUT2D eigenvalue weighted by atomic mass is 9.79. The molecule has 0 bridgehead atoms. The molecule has 0 radical (unpaired) electrons. The van der Waals surface area contributed by atoms with Gasteiger partial charge in [-0.25, -0.2) is 13.1 Å². The van der Waals surface area contributed by atoms with Crippen LogP contribution in [-0.4, -0.2) is 51.9 Å². The van der Waals surface area contributed by atoms with Crippen molar-refractivity contribution >= 4 is 33.1 Å². The Hall–Kier alpha value is -0.770. The second-order valence-corrected chi connectivity index (χ2v) is 7.11. The molecule has 0 aromatic heterocycles. The summed E-state index contributed by atoms with van der Waals surface area (Å²) in [5.74, 6) is -0.201. The standard InChI is InChI=1S/C11H21N3O4S2/c1-20(16,17)14-6-2-5-13-10(15)11(9(12)19)3-7-18-8-4-11/h14H,2-8H2,1H3,(H2,12,19)(H,13,15). The van der Waals surface area contributed by atoms with E-state index in [1.54, 1.807) is 0 Å². The average molecular weight is 323 g/mol. The third kappa shape index (κ3) is 4.97. The van der Waals surface area contributed by atoms with E-state index in [1.807, 2.05) is 0 Å². The highest BCUT2D eigenvalue weighted by atomic mass is 32.2. The summed E-state index contributed by atoms with van der Waals surface area (Å²) in [5, 5.41) is 2.76. The highest BCUT2D eigenvalue weighted by Crippen LogP contribution is 2.31. The molecule has 0 spiro atoms. The van der Waals surface area contributed by atoms with Crippen LogP contribution in [0.5, 0.6) is 0 Å². The zero-order valence-electron chi connectivity index (χ0n) is 11.5. The quantitative estimate of drug-likeness (QED) is 0.415. The first kappa shape index (κ1) is 17.3. The van der Waals surface area contributed by atoms with E-state index in [4.69, 9.17) is 22.7 Å². The fraction of sp³-hybridized carbons (Fsp3) is 0.818. The molecule has 0 aliphatic carbocycles. The van der Waals surface area contributed by atoms with Crippen molar-refractivity contribution in [2.45, 2.75) is 19.3 Å². The number of nitrogens with two attached hydrogens (primary N) is 1. The van der Waals surface area contributed by atoms with Gasteiger partial charge in [-0.1, -0.05) is 12.2 Å². The van der Waals surface area contributed by atoms with E-state index in [-0.39, 0.29) is 17.4 Å². The smallest absolute Gasteiger partial charge is 0.233 e. The van der Waals surface area contributed by atoms with Gasteiger partial charge in [-0.2, -0.15) is 0 Å². The van der Waals surface area contributed by atoms with E-state index < -0.39 is 15.4 Å². The minimum absolute atomic E-state index is 0.188. The van der Waals surface area contributed by atoms with Crippen molar-refractivity contribution in [1.82, 2.24) is 10.0 Å². The van der Waals surface area contributed by atoms with Crippen molar-refractivity contribution in [3.05, 3.63) is 0 Å². The number of hydrogen-bond donors (Lipinski definition) is 3. The molecule has 0 aromatic rings. The SMILES string of the molecule is CS(=O)(=O)NCCCNC(=O)C1(C(N)=S)CCOCC1. The summed E-state index contributed by atoms with van der Waals surface area (Å²) in [6, 6.07) is 0. The Kier molecular flexibility index (Phi) is 6.31. The molecule has 0 saturated carbocycles. The Bertz CT molecular complexity index is 458. The van der Waals surface area contributed by atoms with Crippen molar-refractivity contribution < 1.29 is 17.9 Å². The van der Waals surface area contributed by atoms with E-state index >= 15 is 0 Å². The molecule has 0 atom stereocenters. The molecule has 1 amide bonds. The molecular weight excluding hydrogens is 302 g/mol. The Labute approximate surface area is 124 Å². The highest BCUT2D eigenvalue weighted by molar-refractivity contribution is 7.88. The van der Waals surface area contributed by atoms with Crippen molar-refractivity contribution in [2.75, 3.05) is 32.6 Å². The normalized spacial score (nSPS) is 18.4. The second-order valence-electron chi connectivity index (χ2n) is 4.83. The Morgan fingerprint density at radius 1 is 1.35 bits per heavy atom. The van der Waals surface area contributed by atoms with Gasteiger partial charge >= 0.3 is 0 Å². The maximum Gasteiger partial charge on any atom is 0.233 e. The monoisotopic (exact) mass is 323 g/mol. The predicted octanol–water partition coefficient (Wildman–Crippen LogP) is -0.875. The highest BCUT2D eigenvalue weighted by Gasteiger charge is 2.42. The largest absolute Gasteiger partial charge is 0.392 e. The maximum absolute atomic E-state index is 12.2. The number of hydrogen-bond acceptors (Lipinski definition) is 5. The number of nitrogens with one attached hydrogen (secondary N) is 2. The lowest BCUT2D eigenvalue weighted by molar-refractivity contribution is -0.131. The van der Waals surface area contributed by atoms with Crippen LogP contribution >= 0.6 is 12.2 Å². The van der Waals surface area contributed by atoms with Crippen molar-refractivity contribution in [3.63, 3.8) is 0 Å². The van der Waals surface area contributed by atoms with Gasteiger partial charge in [-0.05, 0) is 19.3 Å². The summed E-state index contributed by atoms with van der Waals surface area (Å²) >= 11 is 5.02. The van der Waals surface area contributed by atoms with Gasteiger partial charge in [-0.15, -0.1) is 0 Å². The van der Waals surface area contributed by atoms with Gasteiger partial charge in [0, 0.05) is 26.3 Å². The minimum Gasteiger partial charge on any atom is -0.392 e. The van der Waals surface area contributed by atoms with Crippen LogP contribution in [0.1, 0.15) is 19.3 Å². The first-order chi connectivity index (χ1) is 9.28. The van der Waals surface area contributed by atoms with Crippen LogP contribution in [0.3, 0.4) is 0 Å². The van der Waals surface area contributed by atoms with Crippen molar-refractivity contribution in [1.29, 1.82) is 0 Å². The van der Waals surface area contributed by atoms with Crippen LogP contribution in [0.15, 0.2) is 0 Å². The van der Waals surface area contributed by atoms with Crippen molar-refractivity contribution in [2.24, 2.45) is 11.1 Å². The van der Waals surface area contributed by atoms with E-state index in [0.717, 1.165) is 6.26 Å². The Morgan fingerprint density at radius 2 is 1.95 bits per heavy atom. The Morgan fingerprint density at radius 3 is 2.45 bits per heavy atom. The number of ether oxygens (including phenoxy) is 1. The van der Waals surface area contributed by atoms with Crippen LogP contribution < -0.4 is 15.8 Å². The molecule has 1 aliphatic rings. The number of sulfonamides is 1. The summed E-state index contributed by atoms with van der Waals surface area (Å²) in [4.78, 5) is 12.4. The third-order valence-corrected chi connectivity index (χ3v) is 4.38. The molecule has 4 N–H and O–H groups in total. The molecule has 1 aliphatic heterocycles. The van der Waals surface area contributed by atoms with Crippen LogP contribution in [0.2, 0.25) is 0 Å². The van der Waals surface area contributed by atoms with Gasteiger partial charge in [-0.3, -0.25) is 4.79 Å². The van der Waals surface area contributed by atoms with Crippen LogP contribution in [0, 0.1) is 5.41 Å². The molecule has 20 heavy (non-hydrogen) atoms. The van der Waals surface area contributed by atoms with Gasteiger partial charge in [0.15, 0.2) is 0 Å². The van der Waals surface area contributed by atoms with Crippen molar-refractivity contribution in [3.8, 4) is 0 Å². The number of carbonyl (C=O) groups excluding carboxylic acids is 1. The fourth-order valence-corrected chi connectivity index (χ4v) is 2.83. The van der Waals surface area contributed by atoms with Gasteiger partial charge in [0.2, 0.25) is 15.9 Å². The summed E-state index contributed by atoms with van der Waals surface area (Å²) in [6.07, 6.45) is 2.56. The lowest BCUT2D eigenvalue weighted by Crippen LogP contribution is -2.52. The molecular formula is C11H21N3O4S2. The van der Waals surface area contributed by atoms with Gasteiger partial charge in [0.25, 0.3) is 0 Å². The first-order valence-electron chi connectivity index (χ1n) is 6.38. The van der Waals surface area contributed by atoms with Gasteiger partial charge in [0.1, 0.15) is 5.41 Å². The van der Waals surface area contributed by atoms with E-state index in [9.17, 15) is 13.2 Å². The second kappa shape index (κ2) is 7.30. The maximum atomic E-state index is 12.2. The third-order valence-electron chi connectivity index (χ3n) is 3.26. The number of carbonyl (C=O) groups is 1. The molecule has 1 rings (SSSR count). The van der Waals surface area contributed by atoms with Crippen LogP contribution in [0.25, 0.3) is 0 Å². The number of amides is 1. The molecule has 1 heterocycles. The molecule has 0 unspecified atom stereocenters. The zero-order chi connectivity index (χ0) is 15.2. The molecule has 1 saturated heterocycles. The minimum atomic E-state index is -3.19. The molecule has 7 nitrogen and oxygen atoms in total. The van der Waals surface area contributed by atoms with E-state index in [0.29, 0.717) is 39.0 Å². The summed E-state index contributed by atoms with van der Waals surface area (Å²) < 4.78 is 29.3. The van der Waals surface area contributed by atoms with Crippen LogP contribution in [0.4, 0.5) is 0 Å². The Balaban J connectivity index is 2.42. The molecule has 9 heteroatoms. The van der Waals surface area contributed by atoms with Gasteiger partial charge in [0.05, 0.1) is 11.2 Å². The topological polar surface area (TPSA) is 111 Å². The van der Waals surface area contributed by atoms with E-state index in [2.05, 4.69) is 10.0 Å². The van der Waals surface area contributed by atoms with E-state index in [1.165, 1.54) is 0 Å². The zero-order valence-corrected chi connectivity index (χ0v) is 13.1. The molecule has 116 valence electrons. The number of rotatable bonds is 7. The molecule has 0 aromatic carbocycles. The summed E-state index contributed by atoms with van der Waals surface area (Å²) in [6.45, 7) is 1.57. The fourth-order valence-electron chi connectivity index (χ4n) is 2.02. The first-order valence-corrected chi connectivity index (χ1v) is 8.68. The average Bonchev–Trinajstić information content (AvgIpc) is 2.37. The van der Waals surface area contributed by atoms with Crippen LogP contribution in [-0.2, 0) is 19.6 Å². The number of thiocarbonyl (C=S) groups is 1. The molecule has 1 fully saturated rings. The lowest BCUT2D eigenvalue weighted by Gasteiger charge is -2.34. The predicted molar refractivity (Wildman–Crippen MR) is 79.7 cm³/mol.